The minimum atomic E-state index is 0.175. The normalized spacial score (nSPS) is 21.6. The van der Waals surface area contributed by atoms with E-state index >= 15 is 0 Å². The lowest BCUT2D eigenvalue weighted by Gasteiger charge is -2.29. The van der Waals surface area contributed by atoms with Gasteiger partial charge in [0.15, 0.2) is 0 Å². The number of piperidine rings is 1. The van der Waals surface area contributed by atoms with E-state index in [1.165, 1.54) is 0 Å². The van der Waals surface area contributed by atoms with Crippen molar-refractivity contribution < 1.29 is 0 Å². The van der Waals surface area contributed by atoms with Gasteiger partial charge >= 0.3 is 0 Å². The van der Waals surface area contributed by atoms with Crippen molar-refractivity contribution in [3.8, 4) is 6.07 Å². The number of hydrogen-bond acceptors (Lipinski definition) is 3. The lowest BCUT2D eigenvalue weighted by atomic mass is 9.99. The van der Waals surface area contributed by atoms with Gasteiger partial charge in [-0.05, 0) is 31.0 Å². The van der Waals surface area contributed by atoms with Gasteiger partial charge < -0.3 is 0 Å². The number of hydrogen-bond donors (Lipinski definition) is 0. The summed E-state index contributed by atoms with van der Waals surface area (Å²) in [7, 11) is 0. The van der Waals surface area contributed by atoms with Crippen molar-refractivity contribution in [1.29, 1.82) is 5.26 Å². The zero-order valence-electron chi connectivity index (χ0n) is 9.06. The highest BCUT2D eigenvalue weighted by atomic mass is 35.5. The van der Waals surface area contributed by atoms with Crippen LogP contribution >= 0.6 is 11.6 Å². The highest BCUT2D eigenvalue weighted by molar-refractivity contribution is 6.31. The second-order valence-electron chi connectivity index (χ2n) is 4.17. The highest BCUT2D eigenvalue weighted by Gasteiger charge is 2.19. The maximum atomic E-state index is 8.92. The first kappa shape index (κ1) is 11.4. The van der Waals surface area contributed by atoms with E-state index in [4.69, 9.17) is 16.9 Å². The van der Waals surface area contributed by atoms with Crippen LogP contribution in [0.2, 0.25) is 5.02 Å². The molecule has 1 aliphatic rings. The fraction of sp³-hybridized carbons (Fsp3) is 0.500. The van der Waals surface area contributed by atoms with Crippen molar-refractivity contribution in [2.24, 2.45) is 5.92 Å². The molecule has 16 heavy (non-hydrogen) atoms. The summed E-state index contributed by atoms with van der Waals surface area (Å²) in [5.41, 5.74) is 1.09. The molecule has 1 atom stereocenters. The summed E-state index contributed by atoms with van der Waals surface area (Å²) < 4.78 is 0. The van der Waals surface area contributed by atoms with E-state index in [1.54, 1.807) is 12.4 Å². The molecule has 0 radical (unpaired) electrons. The van der Waals surface area contributed by atoms with Gasteiger partial charge in [-0.2, -0.15) is 5.26 Å². The Morgan fingerprint density at radius 1 is 1.62 bits per heavy atom. The summed E-state index contributed by atoms with van der Waals surface area (Å²) in [6.07, 6.45) is 5.55. The Hall–Kier alpha value is -1.11. The molecule has 1 aromatic heterocycles. The van der Waals surface area contributed by atoms with Gasteiger partial charge in [-0.25, -0.2) is 0 Å². The van der Waals surface area contributed by atoms with E-state index in [2.05, 4.69) is 16.0 Å². The fourth-order valence-electron chi connectivity index (χ4n) is 2.08. The van der Waals surface area contributed by atoms with Crippen molar-refractivity contribution >= 4 is 11.6 Å². The number of pyridine rings is 1. The first-order valence-electron chi connectivity index (χ1n) is 5.50. The molecule has 0 saturated carbocycles. The highest BCUT2D eigenvalue weighted by Crippen LogP contribution is 2.20. The Morgan fingerprint density at radius 3 is 3.25 bits per heavy atom. The predicted molar refractivity (Wildman–Crippen MR) is 62.9 cm³/mol. The minimum absolute atomic E-state index is 0.175. The molecule has 2 rings (SSSR count). The van der Waals surface area contributed by atoms with Crippen LogP contribution in [0.4, 0.5) is 0 Å². The second kappa shape index (κ2) is 5.29. The SMILES string of the molecule is N#CC1CCCN(Cc2ccncc2Cl)C1. The van der Waals surface area contributed by atoms with Crippen LogP contribution in [0.5, 0.6) is 0 Å². The summed E-state index contributed by atoms with van der Waals surface area (Å²) in [6, 6.07) is 4.29. The first-order valence-corrected chi connectivity index (χ1v) is 5.88. The largest absolute Gasteiger partial charge is 0.298 e. The molecule has 1 aromatic rings. The standard InChI is InChI=1S/C12H14ClN3/c13-12-7-15-4-3-11(12)9-16-5-1-2-10(6-14)8-16/h3-4,7,10H,1-2,5,8-9H2. The van der Waals surface area contributed by atoms with E-state index < -0.39 is 0 Å². The van der Waals surface area contributed by atoms with Gasteiger partial charge in [0, 0.05) is 25.5 Å². The average molecular weight is 236 g/mol. The van der Waals surface area contributed by atoms with Gasteiger partial charge in [-0.1, -0.05) is 11.6 Å². The summed E-state index contributed by atoms with van der Waals surface area (Å²) in [4.78, 5) is 6.26. The van der Waals surface area contributed by atoms with Crippen molar-refractivity contribution in [3.05, 3.63) is 29.0 Å². The van der Waals surface area contributed by atoms with Crippen LogP contribution in [-0.2, 0) is 6.54 Å². The molecule has 1 unspecified atom stereocenters. The molecule has 2 heterocycles. The topological polar surface area (TPSA) is 39.9 Å². The molecule has 0 aliphatic carbocycles. The molecule has 0 amide bonds. The van der Waals surface area contributed by atoms with Gasteiger partial charge in [0.2, 0.25) is 0 Å². The third kappa shape index (κ3) is 2.72. The summed E-state index contributed by atoms with van der Waals surface area (Å²) in [5.74, 6) is 0.175. The van der Waals surface area contributed by atoms with Gasteiger partial charge in [0.25, 0.3) is 0 Å². The number of halogens is 1. The van der Waals surface area contributed by atoms with E-state index in [0.717, 1.165) is 38.0 Å². The quantitative estimate of drug-likeness (QED) is 0.791. The lowest BCUT2D eigenvalue weighted by molar-refractivity contribution is 0.192. The minimum Gasteiger partial charge on any atom is -0.298 e. The van der Waals surface area contributed by atoms with Crippen LogP contribution < -0.4 is 0 Å². The summed E-state index contributed by atoms with van der Waals surface area (Å²) >= 11 is 6.06. The maximum Gasteiger partial charge on any atom is 0.0669 e. The van der Waals surface area contributed by atoms with E-state index in [9.17, 15) is 0 Å². The molecule has 0 spiro atoms. The molecule has 1 saturated heterocycles. The van der Waals surface area contributed by atoms with Crippen molar-refractivity contribution in [2.45, 2.75) is 19.4 Å². The van der Waals surface area contributed by atoms with Crippen molar-refractivity contribution in [3.63, 3.8) is 0 Å². The number of likely N-dealkylation sites (tertiary alicyclic amines) is 1. The van der Waals surface area contributed by atoms with Crippen LogP contribution in [0.15, 0.2) is 18.5 Å². The Kier molecular flexibility index (Phi) is 3.76. The lowest BCUT2D eigenvalue weighted by Crippen LogP contribution is -2.34. The van der Waals surface area contributed by atoms with Crippen molar-refractivity contribution in [2.75, 3.05) is 13.1 Å². The molecule has 3 nitrogen and oxygen atoms in total. The van der Waals surface area contributed by atoms with Crippen LogP contribution in [-0.4, -0.2) is 23.0 Å². The number of nitriles is 1. The summed E-state index contributed by atoms with van der Waals surface area (Å²) in [5, 5.41) is 9.63. The number of aromatic nitrogens is 1. The van der Waals surface area contributed by atoms with Crippen LogP contribution in [0.1, 0.15) is 18.4 Å². The Bertz CT molecular complexity index is 399. The van der Waals surface area contributed by atoms with Crippen LogP contribution in [0, 0.1) is 17.2 Å². The van der Waals surface area contributed by atoms with Gasteiger partial charge in [0.05, 0.1) is 17.0 Å². The van der Waals surface area contributed by atoms with E-state index in [0.29, 0.717) is 5.02 Å². The monoisotopic (exact) mass is 235 g/mol. The third-order valence-corrected chi connectivity index (χ3v) is 3.28. The van der Waals surface area contributed by atoms with Gasteiger partial charge in [-0.3, -0.25) is 9.88 Å². The van der Waals surface area contributed by atoms with Crippen LogP contribution in [0.25, 0.3) is 0 Å². The molecule has 0 N–H and O–H groups in total. The van der Waals surface area contributed by atoms with Gasteiger partial charge in [-0.15, -0.1) is 0 Å². The number of rotatable bonds is 2. The molecule has 84 valence electrons. The Labute approximate surface area is 101 Å². The molecular weight excluding hydrogens is 222 g/mol. The molecule has 0 bridgehead atoms. The fourth-order valence-corrected chi connectivity index (χ4v) is 2.26. The van der Waals surface area contributed by atoms with Crippen molar-refractivity contribution in [1.82, 2.24) is 9.88 Å². The van der Waals surface area contributed by atoms with E-state index in [-0.39, 0.29) is 5.92 Å². The third-order valence-electron chi connectivity index (χ3n) is 2.94. The first-order chi connectivity index (χ1) is 7.79. The zero-order chi connectivity index (χ0) is 11.4. The molecule has 1 fully saturated rings. The van der Waals surface area contributed by atoms with E-state index in [1.807, 2.05) is 6.07 Å². The summed E-state index contributed by atoms with van der Waals surface area (Å²) in [6.45, 7) is 2.73. The average Bonchev–Trinajstić information content (AvgIpc) is 2.32. The molecule has 1 aliphatic heterocycles. The Morgan fingerprint density at radius 2 is 2.50 bits per heavy atom. The Balaban J connectivity index is 2.00. The molecular formula is C12H14ClN3. The van der Waals surface area contributed by atoms with Crippen LogP contribution in [0.3, 0.4) is 0 Å². The second-order valence-corrected chi connectivity index (χ2v) is 4.58. The smallest absolute Gasteiger partial charge is 0.0669 e. The zero-order valence-corrected chi connectivity index (χ0v) is 9.82. The predicted octanol–water partition coefficient (Wildman–Crippen LogP) is 2.47. The molecule has 4 heteroatoms. The number of nitrogens with zero attached hydrogens (tertiary/aromatic N) is 3. The maximum absolute atomic E-state index is 8.92. The van der Waals surface area contributed by atoms with Gasteiger partial charge in [0.1, 0.15) is 0 Å². The molecule has 0 aromatic carbocycles.